The number of carbonyl (C=O) groups is 1. The van der Waals surface area contributed by atoms with Crippen LogP contribution in [0.25, 0.3) is 10.2 Å². The summed E-state index contributed by atoms with van der Waals surface area (Å²) in [5, 5.41) is 24.1. The van der Waals surface area contributed by atoms with Crippen molar-refractivity contribution in [3.8, 4) is 5.75 Å². The Morgan fingerprint density at radius 1 is 1.08 bits per heavy atom. The fourth-order valence-corrected chi connectivity index (χ4v) is 9.09. The van der Waals surface area contributed by atoms with Gasteiger partial charge in [0.2, 0.25) is 0 Å². The number of phenolic OH excluding ortho intramolecular Hbond substituents is 1. The summed E-state index contributed by atoms with van der Waals surface area (Å²) in [5.74, 6) is 2.59. The molecule has 4 aliphatic rings. The maximum absolute atomic E-state index is 12.4. The van der Waals surface area contributed by atoms with Crippen LogP contribution < -0.4 is 10.2 Å². The molecule has 3 aromatic rings. The standard InChI is InChI=1S/C30H37N3O4S/c34-25-7-6-24(27-26(25)32-28(35)38-27)23(13-19-4-2-1-3-5-19)17-33(29(36)37)9-8-31-18-30-14-20-10-21(15-30)12-22(11-20)16-30/h1-7,20-23,31,34H,8-18H2,(H,32,35)(H,36,37). The first kappa shape index (κ1) is 25.4. The van der Waals surface area contributed by atoms with E-state index in [1.54, 1.807) is 6.07 Å². The highest BCUT2D eigenvalue weighted by atomic mass is 32.1. The molecule has 0 saturated heterocycles. The topological polar surface area (TPSA) is 106 Å². The zero-order valence-corrected chi connectivity index (χ0v) is 22.5. The highest BCUT2D eigenvalue weighted by Gasteiger charge is 2.50. The number of aromatic amines is 1. The van der Waals surface area contributed by atoms with E-state index in [0.29, 0.717) is 41.7 Å². The number of H-pyrrole nitrogens is 1. The smallest absolute Gasteiger partial charge is 0.407 e. The van der Waals surface area contributed by atoms with Gasteiger partial charge in [0, 0.05) is 32.1 Å². The summed E-state index contributed by atoms with van der Waals surface area (Å²) < 4.78 is 0.696. The van der Waals surface area contributed by atoms with Crippen LogP contribution in [0.4, 0.5) is 4.79 Å². The molecule has 4 aliphatic carbocycles. The third-order valence-electron chi connectivity index (χ3n) is 9.29. The van der Waals surface area contributed by atoms with Gasteiger partial charge in [-0.25, -0.2) is 4.79 Å². The molecule has 38 heavy (non-hydrogen) atoms. The average Bonchev–Trinajstić information content (AvgIpc) is 3.27. The lowest BCUT2D eigenvalue weighted by Gasteiger charge is -2.57. The van der Waals surface area contributed by atoms with Crippen LogP contribution in [0.15, 0.2) is 47.3 Å². The van der Waals surface area contributed by atoms with E-state index in [9.17, 15) is 19.8 Å². The summed E-state index contributed by atoms with van der Waals surface area (Å²) in [7, 11) is 0. The molecule has 2 aromatic carbocycles. The molecule has 202 valence electrons. The van der Waals surface area contributed by atoms with Crippen molar-refractivity contribution < 1.29 is 15.0 Å². The van der Waals surface area contributed by atoms with Crippen LogP contribution in [0.2, 0.25) is 0 Å². The van der Waals surface area contributed by atoms with E-state index in [0.717, 1.165) is 46.8 Å². The second kappa shape index (κ2) is 10.4. The fraction of sp³-hybridized carbons (Fsp3) is 0.533. The van der Waals surface area contributed by atoms with Gasteiger partial charge in [-0.3, -0.25) is 4.79 Å². The van der Waals surface area contributed by atoms with Crippen LogP contribution >= 0.6 is 11.3 Å². The molecule has 1 amide bonds. The van der Waals surface area contributed by atoms with E-state index in [-0.39, 0.29) is 16.5 Å². The van der Waals surface area contributed by atoms with E-state index < -0.39 is 6.09 Å². The molecule has 8 heteroatoms. The van der Waals surface area contributed by atoms with E-state index >= 15 is 0 Å². The monoisotopic (exact) mass is 535 g/mol. The number of benzene rings is 2. The van der Waals surface area contributed by atoms with Gasteiger partial charge >= 0.3 is 11.0 Å². The first-order valence-corrected chi connectivity index (χ1v) is 14.8. The predicted octanol–water partition coefficient (Wildman–Crippen LogP) is 5.41. The lowest BCUT2D eigenvalue weighted by Crippen LogP contribution is -2.51. The van der Waals surface area contributed by atoms with Crippen LogP contribution in [0, 0.1) is 23.2 Å². The number of phenols is 1. The highest BCUT2D eigenvalue weighted by molar-refractivity contribution is 7.16. The third kappa shape index (κ3) is 5.21. The lowest BCUT2D eigenvalue weighted by atomic mass is 9.49. The van der Waals surface area contributed by atoms with Crippen LogP contribution in [0.1, 0.15) is 55.6 Å². The Morgan fingerprint density at radius 2 is 1.76 bits per heavy atom. The maximum Gasteiger partial charge on any atom is 0.407 e. The van der Waals surface area contributed by atoms with Crippen molar-refractivity contribution in [1.82, 2.24) is 15.2 Å². The number of nitrogens with one attached hydrogen (secondary N) is 2. The average molecular weight is 536 g/mol. The van der Waals surface area contributed by atoms with Crippen molar-refractivity contribution in [2.45, 2.75) is 50.9 Å². The Labute approximate surface area is 226 Å². The molecule has 4 fully saturated rings. The number of aromatic hydroxyl groups is 1. The number of nitrogens with zero attached hydrogens (tertiary/aromatic N) is 1. The molecule has 7 nitrogen and oxygen atoms in total. The Kier molecular flexibility index (Phi) is 6.95. The second-order valence-corrected chi connectivity index (χ2v) is 13.1. The van der Waals surface area contributed by atoms with Crippen molar-refractivity contribution in [3.63, 3.8) is 0 Å². The summed E-state index contributed by atoms with van der Waals surface area (Å²) in [6.45, 7) is 2.36. The molecule has 0 radical (unpaired) electrons. The normalized spacial score (nSPS) is 26.6. The van der Waals surface area contributed by atoms with E-state index in [1.807, 2.05) is 36.4 Å². The first-order chi connectivity index (χ1) is 18.4. The number of hydrogen-bond donors (Lipinski definition) is 4. The molecule has 0 aliphatic heterocycles. The minimum atomic E-state index is -0.933. The number of rotatable bonds is 10. The van der Waals surface area contributed by atoms with Gasteiger partial charge in [-0.05, 0) is 85.3 Å². The SMILES string of the molecule is O=C(O)N(CCNCC12CC3CC(CC(C3)C1)C2)CC(Cc1ccccc1)c1ccc(O)c2[nH]c(=O)sc12. The van der Waals surface area contributed by atoms with Gasteiger partial charge in [-0.2, -0.15) is 0 Å². The maximum atomic E-state index is 12.4. The van der Waals surface area contributed by atoms with E-state index in [2.05, 4.69) is 10.3 Å². The number of hydrogen-bond acceptors (Lipinski definition) is 5. The van der Waals surface area contributed by atoms with Gasteiger partial charge in [-0.15, -0.1) is 0 Å². The summed E-state index contributed by atoms with van der Waals surface area (Å²) >= 11 is 1.07. The molecule has 1 atom stereocenters. The molecule has 4 bridgehead atoms. The summed E-state index contributed by atoms with van der Waals surface area (Å²) in [5.41, 5.74) is 2.83. The Bertz CT molecular complexity index is 1320. The number of aromatic nitrogens is 1. The van der Waals surface area contributed by atoms with Crippen LogP contribution in [0.5, 0.6) is 5.75 Å². The van der Waals surface area contributed by atoms with Crippen molar-refractivity contribution in [2.24, 2.45) is 23.2 Å². The van der Waals surface area contributed by atoms with Crippen molar-refractivity contribution in [1.29, 1.82) is 0 Å². The quantitative estimate of drug-likeness (QED) is 0.260. The van der Waals surface area contributed by atoms with Crippen LogP contribution in [-0.4, -0.2) is 52.4 Å². The summed E-state index contributed by atoms with van der Waals surface area (Å²) in [6, 6.07) is 13.4. The lowest BCUT2D eigenvalue weighted by molar-refractivity contribution is -0.0513. The van der Waals surface area contributed by atoms with E-state index in [4.69, 9.17) is 0 Å². The van der Waals surface area contributed by atoms with Gasteiger partial charge in [0.1, 0.15) is 11.3 Å². The Balaban J connectivity index is 1.17. The Morgan fingerprint density at radius 3 is 2.42 bits per heavy atom. The van der Waals surface area contributed by atoms with Crippen molar-refractivity contribution in [2.75, 3.05) is 26.2 Å². The second-order valence-electron chi connectivity index (χ2n) is 12.1. The molecule has 4 N–H and O–H groups in total. The highest BCUT2D eigenvalue weighted by Crippen LogP contribution is 2.59. The minimum absolute atomic E-state index is 0.0320. The van der Waals surface area contributed by atoms with E-state index in [1.165, 1.54) is 43.4 Å². The number of thiazole rings is 1. The number of amides is 1. The zero-order valence-electron chi connectivity index (χ0n) is 21.7. The molecule has 1 aromatic heterocycles. The molecular weight excluding hydrogens is 498 g/mol. The fourth-order valence-electron chi connectivity index (χ4n) is 8.14. The summed E-state index contributed by atoms with van der Waals surface area (Å²) in [4.78, 5) is 28.5. The predicted molar refractivity (Wildman–Crippen MR) is 150 cm³/mol. The molecule has 0 spiro atoms. The van der Waals surface area contributed by atoms with Gasteiger partial charge in [-0.1, -0.05) is 47.7 Å². The van der Waals surface area contributed by atoms with Crippen LogP contribution in [0.3, 0.4) is 0 Å². The van der Waals surface area contributed by atoms with Gasteiger partial charge in [0.05, 0.1) is 4.70 Å². The number of carboxylic acid groups (broad SMARTS) is 1. The van der Waals surface area contributed by atoms with Crippen LogP contribution in [-0.2, 0) is 6.42 Å². The Hall–Kier alpha value is -2.84. The largest absolute Gasteiger partial charge is 0.506 e. The first-order valence-electron chi connectivity index (χ1n) is 13.9. The third-order valence-corrected chi connectivity index (χ3v) is 10.2. The molecule has 7 rings (SSSR count). The molecule has 1 heterocycles. The van der Waals surface area contributed by atoms with Crippen molar-refractivity contribution in [3.05, 3.63) is 63.3 Å². The van der Waals surface area contributed by atoms with Gasteiger partial charge in [0.15, 0.2) is 0 Å². The van der Waals surface area contributed by atoms with Gasteiger partial charge in [0.25, 0.3) is 0 Å². The minimum Gasteiger partial charge on any atom is -0.506 e. The molecular formula is C30H37N3O4S. The molecule has 4 saturated carbocycles. The van der Waals surface area contributed by atoms with Crippen molar-refractivity contribution >= 4 is 27.6 Å². The zero-order chi connectivity index (χ0) is 26.3. The summed E-state index contributed by atoms with van der Waals surface area (Å²) in [6.07, 6.45) is 7.99. The number of fused-ring (bicyclic) bond motifs is 1. The molecule has 1 unspecified atom stereocenters. The van der Waals surface area contributed by atoms with Gasteiger partial charge < -0.3 is 25.4 Å².